The Morgan fingerprint density at radius 2 is 0.875 bits per heavy atom. The fraction of sp³-hybridized carbons (Fsp3) is 0. The second-order valence-corrected chi connectivity index (χ2v) is 1.50. The third-order valence-electron chi connectivity index (χ3n) is 0. The van der Waals surface area contributed by atoms with E-state index in [-0.39, 0.29) is 79.7 Å². The van der Waals surface area contributed by atoms with Crippen LogP contribution in [0.5, 0.6) is 0 Å². The Kier molecular flexibility index (Phi) is 26.5. The molecule has 0 rings (SSSR count). The van der Waals surface area contributed by atoms with Crippen LogP contribution in [-0.4, -0.2) is 37.4 Å². The second kappa shape index (κ2) is 9.44. The zero-order valence-electron chi connectivity index (χ0n) is 3.71. The van der Waals surface area contributed by atoms with Crippen molar-refractivity contribution in [1.29, 1.82) is 0 Å². The standard InChI is InChI=1S/Al.K.O4Si.H4Si/c;;1-5(2,3)4;/h;;;1H4/q+3;+1;-4;. The Bertz CT molecular complexity index is 29.5. The number of hydrogen-bond donors (Lipinski definition) is 0. The predicted octanol–water partition coefficient (Wildman–Crippen LogP) is -9.97. The summed E-state index contributed by atoms with van der Waals surface area (Å²) in [6.07, 6.45) is 0. The summed E-state index contributed by atoms with van der Waals surface area (Å²) in [5.41, 5.74) is 0. The number of hydrogen-bond acceptors (Lipinski definition) is 4. The second-order valence-electron chi connectivity index (χ2n) is 0.500. The Morgan fingerprint density at radius 1 is 0.875 bits per heavy atom. The van der Waals surface area contributed by atoms with Gasteiger partial charge in [-0.05, 0) is 11.0 Å². The van der Waals surface area contributed by atoms with Gasteiger partial charge in [-0.2, -0.15) is 0 Å². The van der Waals surface area contributed by atoms with Gasteiger partial charge in [0, 0.05) is 0 Å². The summed E-state index contributed by atoms with van der Waals surface area (Å²) in [6.45, 7) is 0. The third kappa shape index (κ3) is 78.4. The monoisotopic (exact) mass is 190 g/mol. The van der Waals surface area contributed by atoms with Gasteiger partial charge in [0.05, 0.1) is 0 Å². The largest absolute Gasteiger partial charge is 3.00 e. The van der Waals surface area contributed by atoms with Gasteiger partial charge in [-0.3, -0.25) is 0 Å². The SMILES string of the molecule is [Al+3].[K+].[O-][Si]([O-])([O-])[O-].[SiH4]. The van der Waals surface area contributed by atoms with Gasteiger partial charge in [0.25, 0.3) is 0 Å². The first-order chi connectivity index (χ1) is 2.00. The molecular weight excluding hydrogens is 186 g/mol. The van der Waals surface area contributed by atoms with Crippen LogP contribution < -0.4 is 70.6 Å². The minimum atomic E-state index is -5.61. The molecular formula is H4AlKO4Si2. The van der Waals surface area contributed by atoms with Crippen molar-refractivity contribution in [3.8, 4) is 0 Å². The van der Waals surface area contributed by atoms with Gasteiger partial charge in [0.15, 0.2) is 0 Å². The molecule has 0 aromatic carbocycles. The molecule has 0 aromatic rings. The van der Waals surface area contributed by atoms with Crippen LogP contribution in [0, 0.1) is 0 Å². The van der Waals surface area contributed by atoms with Gasteiger partial charge in [0.1, 0.15) is 0 Å². The Balaban J connectivity index is -0.0000000267. The molecule has 0 aliphatic rings. The van der Waals surface area contributed by atoms with Crippen molar-refractivity contribution in [2.75, 3.05) is 0 Å². The van der Waals surface area contributed by atoms with Gasteiger partial charge in [0.2, 0.25) is 0 Å². The molecule has 0 aromatic heterocycles. The van der Waals surface area contributed by atoms with Crippen LogP contribution in [0.25, 0.3) is 0 Å². The number of rotatable bonds is 0. The van der Waals surface area contributed by atoms with Crippen molar-refractivity contribution in [2.24, 2.45) is 0 Å². The van der Waals surface area contributed by atoms with E-state index >= 15 is 0 Å². The van der Waals surface area contributed by atoms with Crippen LogP contribution in [0.15, 0.2) is 0 Å². The molecule has 0 radical (unpaired) electrons. The molecule has 0 saturated heterocycles. The maximum atomic E-state index is 8.58. The summed E-state index contributed by atoms with van der Waals surface area (Å²) in [6, 6.07) is 0. The molecule has 0 N–H and O–H groups in total. The Hall–Kier alpha value is 2.44. The van der Waals surface area contributed by atoms with Gasteiger partial charge < -0.3 is 28.2 Å². The van der Waals surface area contributed by atoms with Crippen LogP contribution in [0.3, 0.4) is 0 Å². The molecule has 0 saturated carbocycles. The fourth-order valence-corrected chi connectivity index (χ4v) is 0. The first kappa shape index (κ1) is 22.4. The molecule has 8 heavy (non-hydrogen) atoms. The van der Waals surface area contributed by atoms with E-state index in [0.717, 1.165) is 0 Å². The van der Waals surface area contributed by atoms with Gasteiger partial charge in [-0.15, -0.1) is 0 Å². The predicted molar refractivity (Wildman–Crippen MR) is 22.8 cm³/mol. The van der Waals surface area contributed by atoms with Gasteiger partial charge in [-0.25, -0.2) is 0 Å². The van der Waals surface area contributed by atoms with Crippen LogP contribution in [0.1, 0.15) is 0 Å². The third-order valence-corrected chi connectivity index (χ3v) is 0. The van der Waals surface area contributed by atoms with Crippen LogP contribution in [0.2, 0.25) is 0 Å². The van der Waals surface area contributed by atoms with Crippen molar-refractivity contribution < 1.29 is 70.6 Å². The molecule has 0 aliphatic heterocycles. The normalized spacial score (nSPS) is 7.50. The average Bonchev–Trinajstić information content (AvgIpc) is 0.722. The van der Waals surface area contributed by atoms with E-state index in [9.17, 15) is 0 Å². The van der Waals surface area contributed by atoms with Crippen LogP contribution in [0.4, 0.5) is 0 Å². The van der Waals surface area contributed by atoms with Crippen molar-refractivity contribution in [3.05, 3.63) is 0 Å². The molecule has 0 spiro atoms. The summed E-state index contributed by atoms with van der Waals surface area (Å²) in [4.78, 5) is 34.3. The topological polar surface area (TPSA) is 92.2 Å². The quantitative estimate of drug-likeness (QED) is 0.355. The maximum Gasteiger partial charge on any atom is 3.00 e. The minimum Gasteiger partial charge on any atom is -0.894 e. The molecule has 0 unspecified atom stereocenters. The fourth-order valence-electron chi connectivity index (χ4n) is 0. The van der Waals surface area contributed by atoms with Crippen LogP contribution >= 0.6 is 0 Å². The van der Waals surface area contributed by atoms with Gasteiger partial charge in [-0.1, -0.05) is 0 Å². The molecule has 4 nitrogen and oxygen atoms in total. The molecule has 0 aliphatic carbocycles. The van der Waals surface area contributed by atoms with Gasteiger partial charge >= 0.3 is 68.7 Å². The summed E-state index contributed by atoms with van der Waals surface area (Å²) in [5.74, 6) is 0. The molecule has 8 heteroatoms. The Labute approximate surface area is 106 Å². The summed E-state index contributed by atoms with van der Waals surface area (Å²) < 4.78 is 0. The molecule has 0 bridgehead atoms. The minimum absolute atomic E-state index is 0. The summed E-state index contributed by atoms with van der Waals surface area (Å²) >= 11 is 0. The van der Waals surface area contributed by atoms with E-state index in [1.165, 1.54) is 0 Å². The molecule has 0 heterocycles. The maximum absolute atomic E-state index is 8.58. The molecule has 0 amide bonds. The van der Waals surface area contributed by atoms with E-state index in [1.54, 1.807) is 0 Å². The van der Waals surface area contributed by atoms with E-state index in [4.69, 9.17) is 19.2 Å². The summed E-state index contributed by atoms with van der Waals surface area (Å²) in [5, 5.41) is 0. The average molecular weight is 190 g/mol. The van der Waals surface area contributed by atoms with Crippen LogP contribution in [-0.2, 0) is 0 Å². The van der Waals surface area contributed by atoms with Crippen molar-refractivity contribution in [1.82, 2.24) is 0 Å². The zero-order chi connectivity index (χ0) is 4.50. The van der Waals surface area contributed by atoms with E-state index in [2.05, 4.69) is 0 Å². The Morgan fingerprint density at radius 3 is 0.875 bits per heavy atom. The first-order valence-electron chi connectivity index (χ1n) is 0.816. The van der Waals surface area contributed by atoms with E-state index in [0.29, 0.717) is 0 Å². The smallest absolute Gasteiger partial charge is 0.894 e. The molecule has 0 atom stereocenters. The first-order valence-corrected chi connectivity index (χ1v) is 2.45. The van der Waals surface area contributed by atoms with Crippen molar-refractivity contribution >= 4 is 37.4 Å². The summed E-state index contributed by atoms with van der Waals surface area (Å²) in [7, 11) is -5.61. The van der Waals surface area contributed by atoms with E-state index in [1.807, 2.05) is 0 Å². The van der Waals surface area contributed by atoms with Crippen molar-refractivity contribution in [2.45, 2.75) is 0 Å². The van der Waals surface area contributed by atoms with E-state index < -0.39 is 9.05 Å². The molecule has 0 fully saturated rings. The molecule has 40 valence electrons. The zero-order valence-corrected chi connectivity index (χ0v) is 8.99. The van der Waals surface area contributed by atoms with Crippen molar-refractivity contribution in [3.63, 3.8) is 0 Å².